The number of benzene rings is 1. The van der Waals surface area contributed by atoms with E-state index >= 15 is 0 Å². The Morgan fingerprint density at radius 3 is 2.14 bits per heavy atom. The topological polar surface area (TPSA) is 139 Å². The molecule has 0 aliphatic carbocycles. The Morgan fingerprint density at radius 1 is 1.14 bits per heavy atom. The Labute approximate surface area is 124 Å². The number of aryl methyl sites for hydroxylation is 1. The lowest BCUT2D eigenvalue weighted by Crippen LogP contribution is -2.14. The number of nitrogens with one attached hydrogen (secondary N) is 2. The van der Waals surface area contributed by atoms with Gasteiger partial charge in [-0.05, 0) is 31.2 Å². The minimum atomic E-state index is -3.91. The van der Waals surface area contributed by atoms with Crippen molar-refractivity contribution in [2.24, 2.45) is 5.14 Å². The van der Waals surface area contributed by atoms with Gasteiger partial charge in [0.15, 0.2) is 4.21 Å². The summed E-state index contributed by atoms with van der Waals surface area (Å²) in [5, 5.41) is 4.94. The minimum absolute atomic E-state index is 0.122. The molecular weight excluding hydrogens is 338 g/mol. The van der Waals surface area contributed by atoms with Crippen molar-refractivity contribution in [3.05, 3.63) is 39.6 Å². The van der Waals surface area contributed by atoms with E-state index in [1.165, 1.54) is 31.2 Å². The molecule has 21 heavy (non-hydrogen) atoms. The van der Waals surface area contributed by atoms with Gasteiger partial charge in [0.25, 0.3) is 10.0 Å². The molecule has 11 heteroatoms. The second-order valence-electron chi connectivity index (χ2n) is 4.10. The number of aromatic nitrogens is 1. The predicted octanol–water partition coefficient (Wildman–Crippen LogP) is 0.193. The van der Waals surface area contributed by atoms with E-state index in [1.54, 1.807) is 0 Å². The summed E-state index contributed by atoms with van der Waals surface area (Å²) in [7, 11) is -7.76. The van der Waals surface area contributed by atoms with Crippen LogP contribution in [0.25, 0.3) is 0 Å². The molecule has 0 radical (unpaired) electrons. The summed E-state index contributed by atoms with van der Waals surface area (Å²) in [6.07, 6.45) is 0. The Balaban J connectivity index is 2.33. The molecule has 4 N–H and O–H groups in total. The van der Waals surface area contributed by atoms with Gasteiger partial charge in [0, 0.05) is 11.4 Å². The van der Waals surface area contributed by atoms with Crippen LogP contribution in [0.4, 0.5) is 5.69 Å². The standard InChI is InChI=1S/C10H11N3O5S3/c1-6-9(19-10(14)12-6)21(17,18)13-7-2-4-8(5-3-7)20(11,15)16/h2-5,13H,1H3,(H,12,14)(H2,11,15,16). The maximum atomic E-state index is 12.1. The molecule has 114 valence electrons. The Morgan fingerprint density at radius 2 is 1.71 bits per heavy atom. The molecule has 0 amide bonds. The first-order valence-electron chi connectivity index (χ1n) is 5.45. The lowest BCUT2D eigenvalue weighted by molar-refractivity contribution is 0.597. The molecule has 0 bridgehead atoms. The molecule has 8 nitrogen and oxygen atoms in total. The van der Waals surface area contributed by atoms with Crippen LogP contribution in [0.1, 0.15) is 5.69 Å². The van der Waals surface area contributed by atoms with Gasteiger partial charge in [-0.1, -0.05) is 11.3 Å². The monoisotopic (exact) mass is 349 g/mol. The van der Waals surface area contributed by atoms with Crippen molar-refractivity contribution in [3.63, 3.8) is 0 Å². The summed E-state index contributed by atoms with van der Waals surface area (Å²) in [6, 6.07) is 4.89. The summed E-state index contributed by atoms with van der Waals surface area (Å²) in [5.74, 6) is 0. The molecule has 0 saturated heterocycles. The Hall–Kier alpha value is -1.69. The van der Waals surface area contributed by atoms with Crippen LogP contribution in [0.2, 0.25) is 0 Å². The zero-order valence-electron chi connectivity index (χ0n) is 10.7. The van der Waals surface area contributed by atoms with E-state index in [4.69, 9.17) is 5.14 Å². The van der Waals surface area contributed by atoms with Crippen molar-refractivity contribution in [1.82, 2.24) is 4.98 Å². The summed E-state index contributed by atoms with van der Waals surface area (Å²) in [4.78, 5) is 12.9. The second-order valence-corrected chi connectivity index (χ2v) is 8.52. The van der Waals surface area contributed by atoms with E-state index in [-0.39, 0.29) is 20.5 Å². The molecular formula is C10H11N3O5S3. The number of nitrogens with two attached hydrogens (primary N) is 1. The van der Waals surface area contributed by atoms with Crippen LogP contribution in [0.3, 0.4) is 0 Å². The van der Waals surface area contributed by atoms with E-state index in [1.807, 2.05) is 0 Å². The number of primary sulfonamides is 1. The maximum absolute atomic E-state index is 12.1. The van der Waals surface area contributed by atoms with Crippen molar-refractivity contribution in [2.75, 3.05) is 4.72 Å². The van der Waals surface area contributed by atoms with Crippen LogP contribution in [-0.4, -0.2) is 21.8 Å². The van der Waals surface area contributed by atoms with Crippen LogP contribution in [0.5, 0.6) is 0 Å². The molecule has 0 aliphatic heterocycles. The van der Waals surface area contributed by atoms with Crippen LogP contribution < -0.4 is 14.7 Å². The fourth-order valence-electron chi connectivity index (χ4n) is 1.56. The van der Waals surface area contributed by atoms with E-state index in [0.717, 1.165) is 0 Å². The molecule has 1 heterocycles. The minimum Gasteiger partial charge on any atom is -0.315 e. The molecule has 2 aromatic rings. The first kappa shape index (κ1) is 15.7. The maximum Gasteiger partial charge on any atom is 0.306 e. The fourth-order valence-corrected chi connectivity index (χ4v) is 4.44. The highest BCUT2D eigenvalue weighted by atomic mass is 32.2. The van der Waals surface area contributed by atoms with Gasteiger partial charge >= 0.3 is 4.87 Å². The number of hydrogen-bond donors (Lipinski definition) is 3. The summed E-state index contributed by atoms with van der Waals surface area (Å²) >= 11 is 0.570. The van der Waals surface area contributed by atoms with Crippen molar-refractivity contribution in [2.45, 2.75) is 16.0 Å². The average Bonchev–Trinajstić information content (AvgIpc) is 2.68. The lowest BCUT2D eigenvalue weighted by atomic mass is 10.3. The van der Waals surface area contributed by atoms with Gasteiger partial charge in [-0.25, -0.2) is 22.0 Å². The van der Waals surface area contributed by atoms with E-state index < -0.39 is 24.9 Å². The van der Waals surface area contributed by atoms with Gasteiger partial charge in [0.05, 0.1) is 4.90 Å². The van der Waals surface area contributed by atoms with Gasteiger partial charge in [-0.2, -0.15) is 0 Å². The lowest BCUT2D eigenvalue weighted by Gasteiger charge is -2.07. The first-order chi connectivity index (χ1) is 9.59. The summed E-state index contributed by atoms with van der Waals surface area (Å²) < 4.78 is 48.6. The molecule has 1 aromatic heterocycles. The number of hydrogen-bond acceptors (Lipinski definition) is 6. The predicted molar refractivity (Wildman–Crippen MR) is 78.3 cm³/mol. The number of anilines is 1. The number of H-pyrrole nitrogens is 1. The number of sulfonamides is 2. The third kappa shape index (κ3) is 3.50. The number of rotatable bonds is 4. The average molecular weight is 349 g/mol. The van der Waals surface area contributed by atoms with Gasteiger partial charge < -0.3 is 4.98 Å². The third-order valence-corrected chi connectivity index (χ3v) is 6.38. The zero-order valence-corrected chi connectivity index (χ0v) is 13.1. The van der Waals surface area contributed by atoms with Crippen LogP contribution >= 0.6 is 11.3 Å². The van der Waals surface area contributed by atoms with Gasteiger partial charge in [0.1, 0.15) is 0 Å². The second kappa shape index (κ2) is 5.26. The van der Waals surface area contributed by atoms with Crippen molar-refractivity contribution in [3.8, 4) is 0 Å². The highest BCUT2D eigenvalue weighted by Crippen LogP contribution is 2.21. The van der Waals surface area contributed by atoms with E-state index in [9.17, 15) is 21.6 Å². The van der Waals surface area contributed by atoms with Crippen molar-refractivity contribution in [1.29, 1.82) is 0 Å². The van der Waals surface area contributed by atoms with Crippen LogP contribution in [0.15, 0.2) is 38.2 Å². The zero-order chi connectivity index (χ0) is 15.8. The van der Waals surface area contributed by atoms with Gasteiger partial charge in [0.2, 0.25) is 10.0 Å². The molecule has 0 spiro atoms. The largest absolute Gasteiger partial charge is 0.315 e. The quantitative estimate of drug-likeness (QED) is 0.723. The van der Waals surface area contributed by atoms with E-state index in [2.05, 4.69) is 9.71 Å². The van der Waals surface area contributed by atoms with Crippen LogP contribution in [-0.2, 0) is 20.0 Å². The van der Waals surface area contributed by atoms with Gasteiger partial charge in [-0.3, -0.25) is 9.52 Å². The highest BCUT2D eigenvalue weighted by molar-refractivity contribution is 7.94. The molecule has 0 aliphatic rings. The summed E-state index contributed by atoms with van der Waals surface area (Å²) in [5.41, 5.74) is 0.390. The fraction of sp³-hybridized carbons (Fsp3) is 0.100. The Bertz CT molecular complexity index is 923. The molecule has 0 saturated carbocycles. The number of thiazole rings is 1. The third-order valence-electron chi connectivity index (χ3n) is 2.46. The van der Waals surface area contributed by atoms with Crippen LogP contribution in [0, 0.1) is 6.92 Å². The van der Waals surface area contributed by atoms with Gasteiger partial charge in [-0.15, -0.1) is 0 Å². The first-order valence-corrected chi connectivity index (χ1v) is 9.29. The number of aromatic amines is 1. The SMILES string of the molecule is Cc1[nH]c(=O)sc1S(=O)(=O)Nc1ccc(S(N)(=O)=O)cc1. The summed E-state index contributed by atoms with van der Waals surface area (Å²) in [6.45, 7) is 1.47. The Kier molecular flexibility index (Phi) is 3.93. The normalized spacial score (nSPS) is 12.3. The molecule has 2 rings (SSSR count). The molecule has 0 unspecified atom stereocenters. The van der Waals surface area contributed by atoms with E-state index in [0.29, 0.717) is 11.3 Å². The molecule has 0 fully saturated rings. The highest BCUT2D eigenvalue weighted by Gasteiger charge is 2.20. The van der Waals surface area contributed by atoms with Crippen molar-refractivity contribution >= 4 is 37.1 Å². The molecule has 1 aromatic carbocycles. The molecule has 0 atom stereocenters. The smallest absolute Gasteiger partial charge is 0.306 e. The van der Waals surface area contributed by atoms with Crippen molar-refractivity contribution < 1.29 is 16.8 Å².